The van der Waals surface area contributed by atoms with Gasteiger partial charge in [0.15, 0.2) is 23.0 Å². The predicted octanol–water partition coefficient (Wildman–Crippen LogP) is 8.84. The molecule has 4 nitrogen and oxygen atoms in total. The maximum absolute atomic E-state index is 6.16. The first-order valence-electron chi connectivity index (χ1n) is 11.3. The van der Waals surface area contributed by atoms with E-state index in [2.05, 4.69) is 58.3 Å². The van der Waals surface area contributed by atoms with Gasteiger partial charge in [0.25, 0.3) is 0 Å². The standard InChI is InChI=1S/C30H20N2O2/c1-5-13-27-23(9-1)31(24-10-2-6-14-28(24)33-27)21-17-19-22(20-18-21)32-25-11-3-7-15-29(25)34-30-16-8-4-12-26(30)32/h1-20H. The molecule has 2 heterocycles. The van der Waals surface area contributed by atoms with Crippen LogP contribution in [0.3, 0.4) is 0 Å². The zero-order valence-electron chi connectivity index (χ0n) is 18.3. The molecule has 0 saturated carbocycles. The van der Waals surface area contributed by atoms with Gasteiger partial charge in [0, 0.05) is 11.4 Å². The van der Waals surface area contributed by atoms with Crippen molar-refractivity contribution in [2.75, 3.05) is 9.80 Å². The second kappa shape index (κ2) is 7.42. The molecule has 34 heavy (non-hydrogen) atoms. The van der Waals surface area contributed by atoms with Crippen molar-refractivity contribution in [3.05, 3.63) is 121 Å². The number of rotatable bonds is 2. The van der Waals surface area contributed by atoms with E-state index < -0.39 is 0 Å². The maximum atomic E-state index is 6.16. The quantitative estimate of drug-likeness (QED) is 0.268. The van der Waals surface area contributed by atoms with E-state index in [0.29, 0.717) is 0 Å². The van der Waals surface area contributed by atoms with Gasteiger partial charge in [-0.3, -0.25) is 0 Å². The van der Waals surface area contributed by atoms with Gasteiger partial charge in [-0.2, -0.15) is 0 Å². The first-order valence-corrected chi connectivity index (χ1v) is 11.3. The maximum Gasteiger partial charge on any atom is 0.151 e. The van der Waals surface area contributed by atoms with Crippen LogP contribution in [0.1, 0.15) is 0 Å². The summed E-state index contributed by atoms with van der Waals surface area (Å²) in [5, 5.41) is 0. The van der Waals surface area contributed by atoms with E-state index in [1.165, 1.54) is 0 Å². The van der Waals surface area contributed by atoms with Crippen molar-refractivity contribution in [3.8, 4) is 23.0 Å². The average molecular weight is 441 g/mol. The van der Waals surface area contributed by atoms with Gasteiger partial charge in [-0.25, -0.2) is 0 Å². The largest absolute Gasteiger partial charge is 0.453 e. The van der Waals surface area contributed by atoms with Crippen molar-refractivity contribution in [1.29, 1.82) is 0 Å². The van der Waals surface area contributed by atoms with Crippen molar-refractivity contribution in [1.82, 2.24) is 0 Å². The molecule has 4 heteroatoms. The summed E-state index contributed by atoms with van der Waals surface area (Å²) in [5.41, 5.74) is 6.24. The molecular weight excluding hydrogens is 420 g/mol. The second-order valence-corrected chi connectivity index (χ2v) is 8.26. The lowest BCUT2D eigenvalue weighted by Crippen LogP contribution is -2.17. The highest BCUT2D eigenvalue weighted by Crippen LogP contribution is 2.52. The summed E-state index contributed by atoms with van der Waals surface area (Å²) in [5.74, 6) is 3.39. The summed E-state index contributed by atoms with van der Waals surface area (Å²) in [4.78, 5) is 4.50. The van der Waals surface area contributed by atoms with Gasteiger partial charge in [-0.15, -0.1) is 0 Å². The van der Waals surface area contributed by atoms with Crippen LogP contribution >= 0.6 is 0 Å². The fourth-order valence-corrected chi connectivity index (χ4v) is 4.72. The van der Waals surface area contributed by atoms with Crippen LogP contribution in [0.25, 0.3) is 0 Å². The van der Waals surface area contributed by atoms with E-state index in [4.69, 9.17) is 9.47 Å². The molecular formula is C30H20N2O2. The zero-order valence-corrected chi connectivity index (χ0v) is 18.3. The fraction of sp³-hybridized carbons (Fsp3) is 0. The highest BCUT2D eigenvalue weighted by atomic mass is 16.5. The summed E-state index contributed by atoms with van der Waals surface area (Å²) in [6.07, 6.45) is 0. The van der Waals surface area contributed by atoms with E-state index in [1.807, 2.05) is 72.8 Å². The summed E-state index contributed by atoms with van der Waals surface area (Å²) < 4.78 is 12.3. The first-order chi connectivity index (χ1) is 16.9. The van der Waals surface area contributed by atoms with Crippen molar-refractivity contribution in [2.45, 2.75) is 0 Å². The molecule has 0 N–H and O–H groups in total. The molecule has 0 bridgehead atoms. The fourth-order valence-electron chi connectivity index (χ4n) is 4.72. The van der Waals surface area contributed by atoms with Crippen LogP contribution < -0.4 is 19.3 Å². The average Bonchev–Trinajstić information content (AvgIpc) is 2.90. The molecule has 0 radical (unpaired) electrons. The van der Waals surface area contributed by atoms with Gasteiger partial charge in [0.2, 0.25) is 0 Å². The second-order valence-electron chi connectivity index (χ2n) is 8.26. The number of hydrogen-bond donors (Lipinski definition) is 0. The lowest BCUT2D eigenvalue weighted by atomic mass is 10.1. The number of para-hydroxylation sites is 8. The Labute approximate surface area is 197 Å². The number of hydrogen-bond acceptors (Lipinski definition) is 4. The van der Waals surface area contributed by atoms with Crippen LogP contribution in [0, 0.1) is 0 Å². The smallest absolute Gasteiger partial charge is 0.151 e. The predicted molar refractivity (Wildman–Crippen MR) is 136 cm³/mol. The van der Waals surface area contributed by atoms with Gasteiger partial charge in [-0.05, 0) is 72.8 Å². The molecule has 0 atom stereocenters. The Hall–Kier alpha value is -4.70. The minimum atomic E-state index is 0.848. The molecule has 0 saturated heterocycles. The zero-order chi connectivity index (χ0) is 22.5. The Bertz CT molecular complexity index is 1320. The number of nitrogens with zero attached hydrogens (tertiary/aromatic N) is 2. The minimum absolute atomic E-state index is 0.848. The highest BCUT2D eigenvalue weighted by molar-refractivity contribution is 5.89. The monoisotopic (exact) mass is 440 g/mol. The molecule has 0 amide bonds. The van der Waals surface area contributed by atoms with Crippen LogP contribution in [-0.2, 0) is 0 Å². The highest BCUT2D eigenvalue weighted by Gasteiger charge is 2.27. The summed E-state index contributed by atoms with van der Waals surface area (Å²) in [6, 6.07) is 41.2. The molecule has 2 aliphatic heterocycles. The van der Waals surface area contributed by atoms with Gasteiger partial charge in [-0.1, -0.05) is 48.5 Å². The third-order valence-corrected chi connectivity index (χ3v) is 6.23. The summed E-state index contributed by atoms with van der Waals surface area (Å²) in [7, 11) is 0. The Morgan fingerprint density at radius 1 is 0.324 bits per heavy atom. The molecule has 7 rings (SSSR count). The third-order valence-electron chi connectivity index (χ3n) is 6.23. The molecule has 0 spiro atoms. The van der Waals surface area contributed by atoms with E-state index in [0.717, 1.165) is 57.1 Å². The Balaban J connectivity index is 1.35. The van der Waals surface area contributed by atoms with Gasteiger partial charge in [0.05, 0.1) is 22.7 Å². The topological polar surface area (TPSA) is 24.9 Å². The number of fused-ring (bicyclic) bond motifs is 4. The van der Waals surface area contributed by atoms with Gasteiger partial charge >= 0.3 is 0 Å². The van der Waals surface area contributed by atoms with E-state index in [9.17, 15) is 0 Å². The molecule has 162 valence electrons. The normalized spacial score (nSPS) is 13.1. The number of benzene rings is 5. The van der Waals surface area contributed by atoms with E-state index >= 15 is 0 Å². The Morgan fingerprint density at radius 3 is 0.882 bits per heavy atom. The molecule has 0 fully saturated rings. The SMILES string of the molecule is c1ccc2c(c1)Oc1ccccc1N2c1ccc(N2c3ccccc3Oc3ccccc32)cc1. The molecule has 0 unspecified atom stereocenters. The first kappa shape index (κ1) is 18.8. The summed E-state index contributed by atoms with van der Waals surface area (Å²) in [6.45, 7) is 0. The van der Waals surface area contributed by atoms with Crippen LogP contribution in [-0.4, -0.2) is 0 Å². The van der Waals surface area contributed by atoms with Crippen molar-refractivity contribution in [2.24, 2.45) is 0 Å². The molecule has 2 aliphatic rings. The van der Waals surface area contributed by atoms with Crippen LogP contribution in [0.5, 0.6) is 23.0 Å². The molecule has 0 aromatic heterocycles. The van der Waals surface area contributed by atoms with Crippen molar-refractivity contribution in [3.63, 3.8) is 0 Å². The van der Waals surface area contributed by atoms with Crippen molar-refractivity contribution >= 4 is 34.1 Å². The summed E-state index contributed by atoms with van der Waals surface area (Å²) >= 11 is 0. The van der Waals surface area contributed by atoms with Crippen molar-refractivity contribution < 1.29 is 9.47 Å². The van der Waals surface area contributed by atoms with E-state index in [-0.39, 0.29) is 0 Å². The third kappa shape index (κ3) is 2.86. The lowest BCUT2D eigenvalue weighted by molar-refractivity contribution is 0.476. The number of anilines is 6. The Morgan fingerprint density at radius 2 is 0.588 bits per heavy atom. The number of ether oxygens (including phenoxy) is 2. The minimum Gasteiger partial charge on any atom is -0.453 e. The lowest BCUT2D eigenvalue weighted by Gasteiger charge is -2.34. The van der Waals surface area contributed by atoms with Crippen LogP contribution in [0.4, 0.5) is 34.1 Å². The van der Waals surface area contributed by atoms with Crippen LogP contribution in [0.15, 0.2) is 121 Å². The van der Waals surface area contributed by atoms with Gasteiger partial charge < -0.3 is 19.3 Å². The Kier molecular flexibility index (Phi) is 4.11. The molecule has 0 aliphatic carbocycles. The van der Waals surface area contributed by atoms with Gasteiger partial charge in [0.1, 0.15) is 0 Å². The van der Waals surface area contributed by atoms with E-state index in [1.54, 1.807) is 0 Å². The molecule has 5 aromatic carbocycles. The van der Waals surface area contributed by atoms with Crippen LogP contribution in [0.2, 0.25) is 0 Å². The molecule has 5 aromatic rings.